The number of benzene rings is 1. The van der Waals surface area contributed by atoms with Crippen molar-refractivity contribution in [2.75, 3.05) is 26.4 Å². The van der Waals surface area contributed by atoms with Gasteiger partial charge in [0.25, 0.3) is 5.91 Å². The molecule has 0 fully saturated rings. The Hall–Kier alpha value is -1.75. The van der Waals surface area contributed by atoms with Gasteiger partial charge in [-0.15, -0.1) is 0 Å². The lowest BCUT2D eigenvalue weighted by atomic mass is 10.1. The largest absolute Gasteiger partial charge is 0.469 e. The molecule has 0 aliphatic carbocycles. The summed E-state index contributed by atoms with van der Waals surface area (Å²) in [5.41, 5.74) is 6.50. The van der Waals surface area contributed by atoms with Gasteiger partial charge in [0.15, 0.2) is 0 Å². The Balaban J connectivity index is 2.56. The van der Waals surface area contributed by atoms with Crippen molar-refractivity contribution < 1.29 is 14.3 Å². The van der Waals surface area contributed by atoms with Crippen molar-refractivity contribution in [2.24, 2.45) is 0 Å². The number of nitrogens with two attached hydrogens (primary N) is 1. The number of nitrogens with zero attached hydrogens (tertiary/aromatic N) is 1. The molecule has 0 saturated heterocycles. The van der Waals surface area contributed by atoms with E-state index < -0.39 is 0 Å². The number of nitrogen functional groups attached to an aromatic ring is 1. The van der Waals surface area contributed by atoms with Gasteiger partial charge in [-0.2, -0.15) is 0 Å². The smallest absolute Gasteiger partial charge is 0.305 e. The van der Waals surface area contributed by atoms with Crippen molar-refractivity contribution in [3.05, 3.63) is 28.8 Å². The first-order valence-electron chi connectivity index (χ1n) is 5.83. The molecule has 104 valence electrons. The van der Waals surface area contributed by atoms with Crippen molar-refractivity contribution in [3.63, 3.8) is 0 Å². The minimum atomic E-state index is -0.281. The highest BCUT2D eigenvalue weighted by Crippen LogP contribution is 2.20. The number of amides is 1. The molecule has 1 rings (SSSR count). The van der Waals surface area contributed by atoms with Crippen LogP contribution in [0.25, 0.3) is 0 Å². The second kappa shape index (κ2) is 6.99. The predicted octanol–water partition coefficient (Wildman–Crippen LogP) is 1.95. The fraction of sp³-hybridized carbons (Fsp3) is 0.385. The number of carbonyl (C=O) groups excluding carboxylic acids is 2. The monoisotopic (exact) mass is 284 g/mol. The summed E-state index contributed by atoms with van der Waals surface area (Å²) in [6.45, 7) is 0.469. The molecule has 0 heterocycles. The van der Waals surface area contributed by atoms with Gasteiger partial charge in [0.05, 0.1) is 17.8 Å². The quantitative estimate of drug-likeness (QED) is 0.662. The second-order valence-corrected chi connectivity index (χ2v) is 4.55. The third-order valence-electron chi connectivity index (χ3n) is 2.69. The van der Waals surface area contributed by atoms with Crippen LogP contribution in [0.3, 0.4) is 0 Å². The maximum atomic E-state index is 12.1. The minimum absolute atomic E-state index is 0.159. The van der Waals surface area contributed by atoms with Gasteiger partial charge in [-0.05, 0) is 24.6 Å². The molecule has 19 heavy (non-hydrogen) atoms. The van der Waals surface area contributed by atoms with Gasteiger partial charge in [-0.25, -0.2) is 0 Å². The van der Waals surface area contributed by atoms with Gasteiger partial charge >= 0.3 is 5.97 Å². The van der Waals surface area contributed by atoms with E-state index in [4.69, 9.17) is 17.3 Å². The number of rotatable bonds is 5. The maximum absolute atomic E-state index is 12.1. The van der Waals surface area contributed by atoms with Crippen molar-refractivity contribution >= 4 is 29.2 Å². The number of methoxy groups -OCH3 is 1. The first-order chi connectivity index (χ1) is 8.95. The number of anilines is 1. The SMILES string of the molecule is COC(=O)CCCN(C)C(=O)c1ccc(Cl)c(N)c1. The van der Waals surface area contributed by atoms with E-state index in [1.165, 1.54) is 12.0 Å². The molecular formula is C13H17ClN2O3. The summed E-state index contributed by atoms with van der Waals surface area (Å²) in [7, 11) is 3.01. The molecule has 0 unspecified atom stereocenters. The van der Waals surface area contributed by atoms with E-state index in [1.807, 2.05) is 0 Å². The molecule has 0 aliphatic rings. The number of hydrogen-bond donors (Lipinski definition) is 1. The third kappa shape index (κ3) is 4.44. The zero-order valence-electron chi connectivity index (χ0n) is 11.0. The fourth-order valence-electron chi connectivity index (χ4n) is 1.56. The molecule has 0 aliphatic heterocycles. The van der Waals surface area contributed by atoms with Crippen LogP contribution in [0.5, 0.6) is 0 Å². The number of hydrogen-bond acceptors (Lipinski definition) is 4. The van der Waals surface area contributed by atoms with Crippen molar-refractivity contribution in [2.45, 2.75) is 12.8 Å². The summed E-state index contributed by atoms with van der Waals surface area (Å²) in [6, 6.07) is 4.76. The molecule has 0 aromatic heterocycles. The van der Waals surface area contributed by atoms with E-state index in [0.29, 0.717) is 29.2 Å². The summed E-state index contributed by atoms with van der Waals surface area (Å²) in [5, 5.41) is 0.421. The molecule has 1 aromatic carbocycles. The van der Waals surface area contributed by atoms with Gasteiger partial charge in [-0.3, -0.25) is 9.59 Å². The lowest BCUT2D eigenvalue weighted by Crippen LogP contribution is -2.28. The van der Waals surface area contributed by atoms with E-state index in [0.717, 1.165) is 0 Å². The van der Waals surface area contributed by atoms with Gasteiger partial charge in [0.1, 0.15) is 0 Å². The lowest BCUT2D eigenvalue weighted by molar-refractivity contribution is -0.140. The standard InChI is InChI=1S/C13H17ClN2O3/c1-16(7-3-4-12(17)19-2)13(18)9-5-6-10(14)11(15)8-9/h5-6,8H,3-4,7,15H2,1-2H3. The van der Waals surface area contributed by atoms with Crippen LogP contribution in [0, 0.1) is 0 Å². The summed E-state index contributed by atoms with van der Waals surface area (Å²) in [4.78, 5) is 24.6. The average molecular weight is 285 g/mol. The molecule has 0 atom stereocenters. The molecule has 1 amide bonds. The highest BCUT2D eigenvalue weighted by Gasteiger charge is 2.13. The minimum Gasteiger partial charge on any atom is -0.469 e. The van der Waals surface area contributed by atoms with E-state index in [-0.39, 0.29) is 18.3 Å². The van der Waals surface area contributed by atoms with Crippen LogP contribution in [0.15, 0.2) is 18.2 Å². The van der Waals surface area contributed by atoms with Crippen molar-refractivity contribution in [3.8, 4) is 0 Å². The Labute approximate surface area is 117 Å². The Kier molecular flexibility index (Phi) is 5.63. The van der Waals surface area contributed by atoms with Crippen molar-refractivity contribution in [1.82, 2.24) is 4.90 Å². The van der Waals surface area contributed by atoms with Crippen molar-refractivity contribution in [1.29, 1.82) is 0 Å². The molecular weight excluding hydrogens is 268 g/mol. The predicted molar refractivity (Wildman–Crippen MR) is 74.1 cm³/mol. The Morgan fingerprint density at radius 1 is 1.42 bits per heavy atom. The van der Waals surface area contributed by atoms with Crippen LogP contribution >= 0.6 is 11.6 Å². The molecule has 0 saturated carbocycles. The molecule has 0 bridgehead atoms. The third-order valence-corrected chi connectivity index (χ3v) is 3.04. The lowest BCUT2D eigenvalue weighted by Gasteiger charge is -2.17. The normalized spacial score (nSPS) is 10.1. The van der Waals surface area contributed by atoms with Crippen LogP contribution in [0.2, 0.25) is 5.02 Å². The molecule has 2 N–H and O–H groups in total. The molecule has 5 nitrogen and oxygen atoms in total. The molecule has 0 spiro atoms. The summed E-state index contributed by atoms with van der Waals surface area (Å²) in [5.74, 6) is -0.440. The van der Waals surface area contributed by atoms with Gasteiger partial charge < -0.3 is 15.4 Å². The number of esters is 1. The van der Waals surface area contributed by atoms with E-state index in [9.17, 15) is 9.59 Å². The number of halogens is 1. The highest BCUT2D eigenvalue weighted by molar-refractivity contribution is 6.33. The summed E-state index contributed by atoms with van der Waals surface area (Å²) >= 11 is 5.80. The number of ether oxygens (including phenoxy) is 1. The van der Waals surface area contributed by atoms with Crippen LogP contribution in [0.1, 0.15) is 23.2 Å². The molecule has 1 aromatic rings. The van der Waals surface area contributed by atoms with E-state index in [1.54, 1.807) is 25.2 Å². The Morgan fingerprint density at radius 2 is 2.11 bits per heavy atom. The van der Waals surface area contributed by atoms with Crippen LogP contribution in [-0.2, 0) is 9.53 Å². The fourth-order valence-corrected chi connectivity index (χ4v) is 1.68. The van der Waals surface area contributed by atoms with Crippen LogP contribution in [-0.4, -0.2) is 37.5 Å². The van der Waals surface area contributed by atoms with Gasteiger partial charge in [0.2, 0.25) is 0 Å². The maximum Gasteiger partial charge on any atom is 0.305 e. The summed E-state index contributed by atoms with van der Waals surface area (Å²) < 4.78 is 4.53. The Bertz CT molecular complexity index is 477. The van der Waals surface area contributed by atoms with E-state index in [2.05, 4.69) is 4.74 Å². The molecule has 6 heteroatoms. The van der Waals surface area contributed by atoms with Crippen LogP contribution in [0.4, 0.5) is 5.69 Å². The topological polar surface area (TPSA) is 72.6 Å². The Morgan fingerprint density at radius 3 is 2.68 bits per heavy atom. The van der Waals surface area contributed by atoms with E-state index >= 15 is 0 Å². The zero-order valence-corrected chi connectivity index (χ0v) is 11.7. The second-order valence-electron chi connectivity index (χ2n) is 4.14. The first kappa shape index (κ1) is 15.3. The number of carbonyl (C=O) groups is 2. The van der Waals surface area contributed by atoms with Gasteiger partial charge in [-0.1, -0.05) is 11.6 Å². The average Bonchev–Trinajstić information content (AvgIpc) is 2.40. The van der Waals surface area contributed by atoms with Gasteiger partial charge in [0, 0.05) is 25.6 Å². The zero-order chi connectivity index (χ0) is 14.4. The summed E-state index contributed by atoms with van der Waals surface area (Å²) in [6.07, 6.45) is 0.842. The molecule has 0 radical (unpaired) electrons. The van der Waals surface area contributed by atoms with Crippen LogP contribution < -0.4 is 5.73 Å². The highest BCUT2D eigenvalue weighted by atomic mass is 35.5. The first-order valence-corrected chi connectivity index (χ1v) is 6.20.